The van der Waals surface area contributed by atoms with E-state index in [0.717, 1.165) is 17.7 Å². The Morgan fingerprint density at radius 2 is 2.13 bits per heavy atom. The van der Waals surface area contributed by atoms with E-state index in [1.54, 1.807) is 0 Å². The quantitative estimate of drug-likeness (QED) is 0.822. The third kappa shape index (κ3) is 3.67. The fourth-order valence-electron chi connectivity index (χ4n) is 2.65. The first-order chi connectivity index (χ1) is 11.0. The fraction of sp³-hybridized carbons (Fsp3) is 0.438. The van der Waals surface area contributed by atoms with Gasteiger partial charge >= 0.3 is 5.97 Å². The smallest absolute Gasteiger partial charge is 0.328 e. The number of benzene rings is 1. The fourth-order valence-corrected chi connectivity index (χ4v) is 2.65. The lowest BCUT2D eigenvalue weighted by Crippen LogP contribution is -2.45. The molecular formula is C16H19FN2O4. The second-order valence-corrected chi connectivity index (χ2v) is 5.44. The van der Waals surface area contributed by atoms with Gasteiger partial charge in [-0.25, -0.2) is 9.18 Å². The standard InChI is InChI=1S/C16H19FN2O4/c1-2-10-5-3-4-6-13(10)19-9-11(7-14(19)20)15(21)18-12(8-17)16(22)23/h3-6,11-12H,2,7-9H2,1H3,(H,18,21)(H,22,23). The van der Waals surface area contributed by atoms with E-state index in [9.17, 15) is 18.8 Å². The lowest BCUT2D eigenvalue weighted by molar-refractivity contribution is -0.142. The van der Waals surface area contributed by atoms with Crippen molar-refractivity contribution in [3.05, 3.63) is 29.8 Å². The van der Waals surface area contributed by atoms with Crippen molar-refractivity contribution in [3.63, 3.8) is 0 Å². The Labute approximate surface area is 133 Å². The number of nitrogens with zero attached hydrogens (tertiary/aromatic N) is 1. The molecule has 2 unspecified atom stereocenters. The highest BCUT2D eigenvalue weighted by atomic mass is 19.1. The summed E-state index contributed by atoms with van der Waals surface area (Å²) in [6.45, 7) is 0.951. The first-order valence-electron chi connectivity index (χ1n) is 7.45. The molecule has 0 bridgehead atoms. The van der Waals surface area contributed by atoms with Gasteiger partial charge < -0.3 is 15.3 Å². The molecule has 23 heavy (non-hydrogen) atoms. The van der Waals surface area contributed by atoms with Crippen molar-refractivity contribution >= 4 is 23.5 Å². The van der Waals surface area contributed by atoms with Crippen LogP contribution in [0.4, 0.5) is 10.1 Å². The molecule has 2 atom stereocenters. The normalized spacial score (nSPS) is 18.8. The van der Waals surface area contributed by atoms with Crippen LogP contribution in [0.3, 0.4) is 0 Å². The summed E-state index contributed by atoms with van der Waals surface area (Å²) < 4.78 is 12.6. The maximum atomic E-state index is 12.6. The highest BCUT2D eigenvalue weighted by Gasteiger charge is 2.37. The number of anilines is 1. The van der Waals surface area contributed by atoms with Crippen molar-refractivity contribution < 1.29 is 23.9 Å². The number of aryl methyl sites for hydroxylation is 1. The molecule has 1 aromatic carbocycles. The van der Waals surface area contributed by atoms with Gasteiger partial charge in [-0.3, -0.25) is 9.59 Å². The molecule has 0 radical (unpaired) electrons. The summed E-state index contributed by atoms with van der Waals surface area (Å²) in [5.74, 6) is -2.92. The minimum absolute atomic E-state index is 0.0114. The molecule has 1 aliphatic rings. The number of amides is 2. The summed E-state index contributed by atoms with van der Waals surface area (Å²) in [5.41, 5.74) is 1.75. The number of carboxylic acids is 1. The van der Waals surface area contributed by atoms with Crippen LogP contribution in [-0.4, -0.2) is 42.2 Å². The van der Waals surface area contributed by atoms with Crippen molar-refractivity contribution in [2.75, 3.05) is 18.1 Å². The van der Waals surface area contributed by atoms with Crippen LogP contribution in [0.1, 0.15) is 18.9 Å². The average molecular weight is 322 g/mol. The zero-order chi connectivity index (χ0) is 17.0. The Balaban J connectivity index is 2.10. The van der Waals surface area contributed by atoms with Gasteiger partial charge in [0.1, 0.15) is 6.67 Å². The van der Waals surface area contributed by atoms with E-state index >= 15 is 0 Å². The Kier molecular flexibility index (Phi) is 5.31. The number of carbonyl (C=O) groups excluding carboxylic acids is 2. The molecule has 0 aromatic heterocycles. The molecule has 0 spiro atoms. The lowest BCUT2D eigenvalue weighted by Gasteiger charge is -2.20. The number of carbonyl (C=O) groups is 3. The van der Waals surface area contributed by atoms with E-state index in [4.69, 9.17) is 5.11 Å². The van der Waals surface area contributed by atoms with E-state index in [-0.39, 0.29) is 18.9 Å². The van der Waals surface area contributed by atoms with E-state index < -0.39 is 30.5 Å². The Morgan fingerprint density at radius 3 is 2.74 bits per heavy atom. The number of para-hydroxylation sites is 1. The first kappa shape index (κ1) is 16.9. The molecule has 1 saturated heterocycles. The zero-order valence-electron chi connectivity index (χ0n) is 12.8. The minimum Gasteiger partial charge on any atom is -0.480 e. The van der Waals surface area contributed by atoms with Crippen LogP contribution < -0.4 is 10.2 Å². The van der Waals surface area contributed by atoms with Crippen molar-refractivity contribution in [1.29, 1.82) is 0 Å². The van der Waals surface area contributed by atoms with E-state index in [2.05, 4.69) is 5.32 Å². The van der Waals surface area contributed by atoms with Crippen molar-refractivity contribution in [2.45, 2.75) is 25.8 Å². The van der Waals surface area contributed by atoms with Crippen LogP contribution in [0.2, 0.25) is 0 Å². The molecule has 1 fully saturated rings. The molecule has 1 aromatic rings. The molecule has 2 N–H and O–H groups in total. The largest absolute Gasteiger partial charge is 0.480 e. The van der Waals surface area contributed by atoms with Crippen LogP contribution in [0.25, 0.3) is 0 Å². The predicted octanol–water partition coefficient (Wildman–Crippen LogP) is 1.14. The monoisotopic (exact) mass is 322 g/mol. The van der Waals surface area contributed by atoms with Crippen molar-refractivity contribution in [3.8, 4) is 0 Å². The van der Waals surface area contributed by atoms with Gasteiger partial charge in [-0.05, 0) is 18.1 Å². The molecule has 1 aliphatic heterocycles. The molecule has 2 rings (SSSR count). The van der Waals surface area contributed by atoms with Crippen LogP contribution >= 0.6 is 0 Å². The highest BCUT2D eigenvalue weighted by Crippen LogP contribution is 2.28. The van der Waals surface area contributed by atoms with Gasteiger partial charge in [-0.15, -0.1) is 0 Å². The van der Waals surface area contributed by atoms with E-state index in [1.165, 1.54) is 4.90 Å². The SMILES string of the molecule is CCc1ccccc1N1CC(C(=O)NC(CF)C(=O)O)CC1=O. The topological polar surface area (TPSA) is 86.7 Å². The molecule has 0 saturated carbocycles. The third-order valence-electron chi connectivity index (χ3n) is 3.93. The summed E-state index contributed by atoms with van der Waals surface area (Å²) in [6.07, 6.45) is 0.738. The third-order valence-corrected chi connectivity index (χ3v) is 3.93. The number of rotatable bonds is 6. The van der Waals surface area contributed by atoms with Crippen molar-refractivity contribution in [2.24, 2.45) is 5.92 Å². The first-order valence-corrected chi connectivity index (χ1v) is 7.45. The predicted molar refractivity (Wildman–Crippen MR) is 81.8 cm³/mol. The van der Waals surface area contributed by atoms with E-state index in [1.807, 2.05) is 31.2 Å². The second kappa shape index (κ2) is 7.21. The highest BCUT2D eigenvalue weighted by molar-refractivity contribution is 6.01. The second-order valence-electron chi connectivity index (χ2n) is 5.44. The molecule has 1 heterocycles. The number of hydrogen-bond acceptors (Lipinski definition) is 3. The Hall–Kier alpha value is -2.44. The number of halogens is 1. The Bertz CT molecular complexity index is 620. The summed E-state index contributed by atoms with van der Waals surface area (Å²) in [4.78, 5) is 36.6. The van der Waals surface area contributed by atoms with Crippen molar-refractivity contribution in [1.82, 2.24) is 5.32 Å². The summed E-state index contributed by atoms with van der Waals surface area (Å²) in [5, 5.41) is 10.9. The van der Waals surface area contributed by atoms with E-state index in [0.29, 0.717) is 0 Å². The molecule has 7 heteroatoms. The van der Waals surface area contributed by atoms with Gasteiger partial charge in [-0.2, -0.15) is 0 Å². The number of alkyl halides is 1. The van der Waals surface area contributed by atoms with Crippen LogP contribution in [-0.2, 0) is 20.8 Å². The zero-order valence-corrected chi connectivity index (χ0v) is 12.8. The molecule has 2 amide bonds. The van der Waals surface area contributed by atoms with Gasteiger partial charge in [0.15, 0.2) is 6.04 Å². The number of hydrogen-bond donors (Lipinski definition) is 2. The summed E-state index contributed by atoms with van der Waals surface area (Å²) in [7, 11) is 0. The molecule has 6 nitrogen and oxygen atoms in total. The molecule has 0 aliphatic carbocycles. The van der Waals surface area contributed by atoms with Crippen LogP contribution in [0.5, 0.6) is 0 Å². The van der Waals surface area contributed by atoms with Gasteiger partial charge in [0.2, 0.25) is 11.8 Å². The van der Waals surface area contributed by atoms with Gasteiger partial charge in [0.25, 0.3) is 0 Å². The number of aliphatic carboxylic acids is 1. The number of carboxylic acid groups (broad SMARTS) is 1. The maximum absolute atomic E-state index is 12.6. The summed E-state index contributed by atoms with van der Waals surface area (Å²) >= 11 is 0. The Morgan fingerprint density at radius 1 is 1.43 bits per heavy atom. The average Bonchev–Trinajstić information content (AvgIpc) is 2.93. The molecule has 124 valence electrons. The van der Waals surface area contributed by atoms with Crippen LogP contribution in [0, 0.1) is 5.92 Å². The number of nitrogens with one attached hydrogen (secondary N) is 1. The molecular weight excluding hydrogens is 303 g/mol. The van der Waals surface area contributed by atoms with Gasteiger partial charge in [0, 0.05) is 18.7 Å². The maximum Gasteiger partial charge on any atom is 0.328 e. The summed E-state index contributed by atoms with van der Waals surface area (Å²) in [6, 6.07) is 5.86. The lowest BCUT2D eigenvalue weighted by atomic mass is 10.1. The van der Waals surface area contributed by atoms with Crippen LogP contribution in [0.15, 0.2) is 24.3 Å². The van der Waals surface area contributed by atoms with Gasteiger partial charge in [-0.1, -0.05) is 25.1 Å². The minimum atomic E-state index is -1.57. The van der Waals surface area contributed by atoms with Gasteiger partial charge in [0.05, 0.1) is 5.92 Å².